The second kappa shape index (κ2) is 7.09. The lowest BCUT2D eigenvalue weighted by atomic mass is 9.96. The highest BCUT2D eigenvalue weighted by atomic mass is 19.1. The molecule has 1 atom stereocenters. The van der Waals surface area contributed by atoms with E-state index in [1.165, 1.54) is 6.07 Å². The van der Waals surface area contributed by atoms with Crippen molar-refractivity contribution in [2.45, 2.75) is 51.5 Å². The van der Waals surface area contributed by atoms with Crippen molar-refractivity contribution >= 4 is 11.6 Å². The minimum atomic E-state index is -0.215. The highest BCUT2D eigenvalue weighted by Crippen LogP contribution is 2.26. The van der Waals surface area contributed by atoms with Crippen LogP contribution in [0.5, 0.6) is 0 Å². The molecule has 0 bridgehead atoms. The number of piperidine rings is 1. The molecular formula is C20H24FN3O2. The standard InChI is InChI=1S/C20H24FN3O2/c1-13-8-9-16(21)17(11-13)24-10-4-5-14(12-24)22-20(25)19-15-6-2-3-7-18(15)26-23-19/h8-9,11,14H,2-7,10,12H2,1H3,(H,22,25). The molecule has 0 saturated carbocycles. The maximum atomic E-state index is 14.2. The van der Waals surface area contributed by atoms with Crippen molar-refractivity contribution in [2.75, 3.05) is 18.0 Å². The van der Waals surface area contributed by atoms with Crippen molar-refractivity contribution in [2.24, 2.45) is 0 Å². The van der Waals surface area contributed by atoms with Crippen molar-refractivity contribution in [3.05, 3.63) is 46.6 Å². The van der Waals surface area contributed by atoms with Crippen LogP contribution in [-0.2, 0) is 12.8 Å². The number of nitrogens with zero attached hydrogens (tertiary/aromatic N) is 2. The third kappa shape index (κ3) is 3.32. The van der Waals surface area contributed by atoms with Gasteiger partial charge in [0.1, 0.15) is 11.6 Å². The number of carbonyl (C=O) groups is 1. The molecule has 2 aromatic rings. The number of hydrogen-bond donors (Lipinski definition) is 1. The van der Waals surface area contributed by atoms with Gasteiger partial charge in [0.15, 0.2) is 5.69 Å². The quantitative estimate of drug-likeness (QED) is 0.915. The number of aromatic nitrogens is 1. The van der Waals surface area contributed by atoms with Gasteiger partial charge in [-0.15, -0.1) is 0 Å². The molecular weight excluding hydrogens is 333 g/mol. The van der Waals surface area contributed by atoms with Crippen LogP contribution in [0.4, 0.5) is 10.1 Å². The van der Waals surface area contributed by atoms with Crippen molar-refractivity contribution in [3.8, 4) is 0 Å². The molecule has 1 aromatic carbocycles. The molecule has 5 nitrogen and oxygen atoms in total. The molecule has 1 aliphatic heterocycles. The van der Waals surface area contributed by atoms with E-state index in [0.717, 1.165) is 62.0 Å². The van der Waals surface area contributed by atoms with Gasteiger partial charge in [-0.3, -0.25) is 4.79 Å². The molecule has 2 heterocycles. The summed E-state index contributed by atoms with van der Waals surface area (Å²) in [6.45, 7) is 3.36. The van der Waals surface area contributed by atoms with Gasteiger partial charge >= 0.3 is 0 Å². The van der Waals surface area contributed by atoms with Crippen LogP contribution in [0.1, 0.15) is 53.1 Å². The number of amides is 1. The third-order valence-corrected chi connectivity index (χ3v) is 5.36. The largest absolute Gasteiger partial charge is 0.367 e. The van der Waals surface area contributed by atoms with Crippen LogP contribution >= 0.6 is 0 Å². The summed E-state index contributed by atoms with van der Waals surface area (Å²) in [5.74, 6) is 0.468. The fraction of sp³-hybridized carbons (Fsp3) is 0.500. The molecule has 1 N–H and O–H groups in total. The van der Waals surface area contributed by atoms with E-state index in [9.17, 15) is 9.18 Å². The average molecular weight is 357 g/mol. The van der Waals surface area contributed by atoms with Crippen LogP contribution in [0.2, 0.25) is 0 Å². The molecule has 2 aliphatic rings. The highest BCUT2D eigenvalue weighted by Gasteiger charge is 2.28. The van der Waals surface area contributed by atoms with E-state index in [1.54, 1.807) is 6.07 Å². The summed E-state index contributed by atoms with van der Waals surface area (Å²) in [7, 11) is 0. The third-order valence-electron chi connectivity index (χ3n) is 5.36. The van der Waals surface area contributed by atoms with Gasteiger partial charge in [-0.25, -0.2) is 4.39 Å². The Morgan fingerprint density at radius 2 is 2.15 bits per heavy atom. The number of nitrogens with one attached hydrogen (secondary N) is 1. The van der Waals surface area contributed by atoms with E-state index in [-0.39, 0.29) is 17.8 Å². The van der Waals surface area contributed by atoms with Gasteiger partial charge in [0, 0.05) is 31.1 Å². The van der Waals surface area contributed by atoms with Gasteiger partial charge in [-0.1, -0.05) is 11.2 Å². The summed E-state index contributed by atoms with van der Waals surface area (Å²) in [5.41, 5.74) is 3.04. The maximum Gasteiger partial charge on any atom is 0.274 e. The van der Waals surface area contributed by atoms with Gasteiger partial charge in [0.05, 0.1) is 5.69 Å². The molecule has 1 fully saturated rings. The Morgan fingerprint density at radius 1 is 1.31 bits per heavy atom. The SMILES string of the molecule is Cc1ccc(F)c(N2CCCC(NC(=O)c3noc4c3CCCC4)C2)c1. The Hall–Kier alpha value is -2.37. The van der Waals surface area contributed by atoms with E-state index >= 15 is 0 Å². The first-order valence-electron chi connectivity index (χ1n) is 9.41. The monoisotopic (exact) mass is 357 g/mol. The van der Waals surface area contributed by atoms with Crippen molar-refractivity contribution < 1.29 is 13.7 Å². The fourth-order valence-corrected chi connectivity index (χ4v) is 4.00. The molecule has 0 spiro atoms. The number of halogens is 1. The number of anilines is 1. The van der Waals surface area contributed by atoms with Gasteiger partial charge in [0.25, 0.3) is 5.91 Å². The number of hydrogen-bond acceptors (Lipinski definition) is 4. The second-order valence-corrected chi connectivity index (χ2v) is 7.35. The minimum absolute atomic E-state index is 0.0212. The molecule has 1 unspecified atom stereocenters. The smallest absolute Gasteiger partial charge is 0.274 e. The number of benzene rings is 1. The Bertz CT molecular complexity index is 817. The predicted molar refractivity (Wildman–Crippen MR) is 97.0 cm³/mol. The zero-order chi connectivity index (χ0) is 18.1. The number of carbonyl (C=O) groups excluding carboxylic acids is 1. The average Bonchev–Trinajstić information content (AvgIpc) is 3.08. The first-order chi connectivity index (χ1) is 12.6. The summed E-state index contributed by atoms with van der Waals surface area (Å²) in [6, 6.07) is 5.13. The van der Waals surface area contributed by atoms with E-state index in [1.807, 2.05) is 17.9 Å². The van der Waals surface area contributed by atoms with Crippen molar-refractivity contribution in [1.29, 1.82) is 0 Å². The van der Waals surface area contributed by atoms with Crippen molar-refractivity contribution in [3.63, 3.8) is 0 Å². The van der Waals surface area contributed by atoms with E-state index in [2.05, 4.69) is 10.5 Å². The zero-order valence-corrected chi connectivity index (χ0v) is 15.1. The summed E-state index contributed by atoms with van der Waals surface area (Å²) < 4.78 is 19.6. The molecule has 26 heavy (non-hydrogen) atoms. The van der Waals surface area contributed by atoms with Crippen LogP contribution in [0.15, 0.2) is 22.7 Å². The molecule has 1 saturated heterocycles. The summed E-state index contributed by atoms with van der Waals surface area (Å²) in [6.07, 6.45) is 5.67. The predicted octanol–water partition coefficient (Wildman–Crippen LogP) is 3.40. The highest BCUT2D eigenvalue weighted by molar-refractivity contribution is 5.94. The van der Waals surface area contributed by atoms with Crippen LogP contribution < -0.4 is 10.2 Å². The van der Waals surface area contributed by atoms with E-state index < -0.39 is 0 Å². The van der Waals surface area contributed by atoms with Gasteiger partial charge in [-0.05, 0) is 56.7 Å². The van der Waals surface area contributed by atoms with Gasteiger partial charge in [0.2, 0.25) is 0 Å². The van der Waals surface area contributed by atoms with Crippen LogP contribution in [-0.4, -0.2) is 30.2 Å². The molecule has 6 heteroatoms. The number of rotatable bonds is 3. The van der Waals surface area contributed by atoms with Crippen LogP contribution in [0.25, 0.3) is 0 Å². The Balaban J connectivity index is 1.46. The normalized spacial score (nSPS) is 19.9. The molecule has 1 aromatic heterocycles. The Labute approximate surface area is 152 Å². The topological polar surface area (TPSA) is 58.4 Å². The number of fused-ring (bicyclic) bond motifs is 1. The molecule has 1 amide bonds. The fourth-order valence-electron chi connectivity index (χ4n) is 4.00. The lowest BCUT2D eigenvalue weighted by Gasteiger charge is -2.35. The van der Waals surface area contributed by atoms with E-state index in [0.29, 0.717) is 17.9 Å². The molecule has 0 radical (unpaired) electrons. The Kier molecular flexibility index (Phi) is 4.66. The van der Waals surface area contributed by atoms with E-state index in [4.69, 9.17) is 4.52 Å². The first-order valence-corrected chi connectivity index (χ1v) is 9.41. The van der Waals surface area contributed by atoms with Gasteiger partial charge < -0.3 is 14.7 Å². The second-order valence-electron chi connectivity index (χ2n) is 7.35. The summed E-state index contributed by atoms with van der Waals surface area (Å²) in [5, 5.41) is 7.09. The maximum absolute atomic E-state index is 14.2. The summed E-state index contributed by atoms with van der Waals surface area (Å²) >= 11 is 0. The van der Waals surface area contributed by atoms with Crippen LogP contribution in [0, 0.1) is 12.7 Å². The molecule has 138 valence electrons. The van der Waals surface area contributed by atoms with Gasteiger partial charge in [-0.2, -0.15) is 0 Å². The van der Waals surface area contributed by atoms with Crippen molar-refractivity contribution in [1.82, 2.24) is 10.5 Å². The first kappa shape index (κ1) is 17.1. The zero-order valence-electron chi connectivity index (χ0n) is 15.1. The molecule has 1 aliphatic carbocycles. The molecule has 4 rings (SSSR count). The minimum Gasteiger partial charge on any atom is -0.367 e. The Morgan fingerprint density at radius 3 is 3.04 bits per heavy atom. The number of aryl methyl sites for hydroxylation is 2. The summed E-state index contributed by atoms with van der Waals surface area (Å²) in [4.78, 5) is 14.7. The lowest BCUT2D eigenvalue weighted by Crippen LogP contribution is -2.48. The lowest BCUT2D eigenvalue weighted by molar-refractivity contribution is 0.0923. The van der Waals surface area contributed by atoms with Crippen LogP contribution in [0.3, 0.4) is 0 Å².